The SMILES string of the molecule is CCC(N)C(=O)NCC(C)(O)CO. The van der Waals surface area contributed by atoms with Gasteiger partial charge in [-0.3, -0.25) is 4.79 Å². The number of amides is 1. The van der Waals surface area contributed by atoms with Gasteiger partial charge in [0.25, 0.3) is 0 Å². The zero-order valence-electron chi connectivity index (χ0n) is 8.08. The molecule has 0 aromatic heterocycles. The van der Waals surface area contributed by atoms with Gasteiger partial charge in [-0.2, -0.15) is 0 Å². The molecule has 78 valence electrons. The lowest BCUT2D eigenvalue weighted by Gasteiger charge is -2.21. The average Bonchev–Trinajstić information content (AvgIpc) is 2.13. The Morgan fingerprint density at radius 1 is 1.69 bits per heavy atom. The van der Waals surface area contributed by atoms with E-state index in [1.165, 1.54) is 6.92 Å². The van der Waals surface area contributed by atoms with Crippen molar-refractivity contribution >= 4 is 5.91 Å². The molecule has 0 aromatic rings. The van der Waals surface area contributed by atoms with Gasteiger partial charge in [-0.15, -0.1) is 0 Å². The highest BCUT2D eigenvalue weighted by Gasteiger charge is 2.21. The van der Waals surface area contributed by atoms with Crippen molar-refractivity contribution in [1.82, 2.24) is 5.32 Å². The van der Waals surface area contributed by atoms with Crippen LogP contribution in [0.25, 0.3) is 0 Å². The second-order valence-corrected chi connectivity index (χ2v) is 3.39. The minimum absolute atomic E-state index is 0.00995. The molecule has 0 spiro atoms. The molecule has 1 amide bonds. The molecule has 0 aromatic carbocycles. The van der Waals surface area contributed by atoms with Crippen LogP contribution in [-0.2, 0) is 4.79 Å². The molecule has 0 rings (SSSR count). The van der Waals surface area contributed by atoms with Crippen molar-refractivity contribution in [3.05, 3.63) is 0 Å². The van der Waals surface area contributed by atoms with Gasteiger partial charge in [-0.05, 0) is 13.3 Å². The van der Waals surface area contributed by atoms with Crippen LogP contribution in [0, 0.1) is 0 Å². The molecule has 0 heterocycles. The van der Waals surface area contributed by atoms with Crippen LogP contribution in [0.3, 0.4) is 0 Å². The third-order valence-electron chi connectivity index (χ3n) is 1.76. The fourth-order valence-corrected chi connectivity index (χ4v) is 0.650. The summed E-state index contributed by atoms with van der Waals surface area (Å²) in [5.74, 6) is -0.309. The first-order valence-electron chi connectivity index (χ1n) is 4.29. The minimum atomic E-state index is -1.27. The molecule has 5 nitrogen and oxygen atoms in total. The standard InChI is InChI=1S/C8H18N2O3/c1-3-6(9)7(12)10-4-8(2,13)5-11/h6,11,13H,3-5,9H2,1-2H3,(H,10,12). The van der Waals surface area contributed by atoms with Crippen LogP contribution in [0.2, 0.25) is 0 Å². The fraction of sp³-hybridized carbons (Fsp3) is 0.875. The Labute approximate surface area is 77.9 Å². The average molecular weight is 190 g/mol. The molecule has 0 aliphatic carbocycles. The summed E-state index contributed by atoms with van der Waals surface area (Å²) in [6.07, 6.45) is 0.549. The van der Waals surface area contributed by atoms with E-state index in [0.717, 1.165) is 0 Å². The van der Waals surface area contributed by atoms with E-state index in [4.69, 9.17) is 10.8 Å². The van der Waals surface area contributed by atoms with Crippen LogP contribution >= 0.6 is 0 Å². The van der Waals surface area contributed by atoms with Crippen molar-refractivity contribution < 1.29 is 15.0 Å². The van der Waals surface area contributed by atoms with Gasteiger partial charge in [0.15, 0.2) is 0 Å². The lowest BCUT2D eigenvalue weighted by Crippen LogP contribution is -2.48. The molecule has 5 heteroatoms. The number of aliphatic hydroxyl groups is 2. The smallest absolute Gasteiger partial charge is 0.237 e. The van der Waals surface area contributed by atoms with Crippen LogP contribution in [0.15, 0.2) is 0 Å². The van der Waals surface area contributed by atoms with Crippen LogP contribution in [0.1, 0.15) is 20.3 Å². The van der Waals surface area contributed by atoms with Crippen LogP contribution in [0.5, 0.6) is 0 Å². The molecular weight excluding hydrogens is 172 g/mol. The van der Waals surface area contributed by atoms with Gasteiger partial charge >= 0.3 is 0 Å². The Hall–Kier alpha value is -0.650. The van der Waals surface area contributed by atoms with Gasteiger partial charge in [0.2, 0.25) is 5.91 Å². The Balaban J connectivity index is 3.83. The normalized spacial score (nSPS) is 17.6. The summed E-state index contributed by atoms with van der Waals surface area (Å²) in [4.78, 5) is 11.1. The highest BCUT2D eigenvalue weighted by molar-refractivity contribution is 5.81. The number of nitrogens with one attached hydrogen (secondary N) is 1. The largest absolute Gasteiger partial charge is 0.393 e. The second kappa shape index (κ2) is 5.16. The van der Waals surface area contributed by atoms with E-state index in [1.807, 2.05) is 0 Å². The maximum atomic E-state index is 11.1. The Kier molecular flexibility index (Phi) is 4.90. The zero-order valence-corrected chi connectivity index (χ0v) is 8.08. The van der Waals surface area contributed by atoms with Crippen LogP contribution < -0.4 is 11.1 Å². The topological polar surface area (TPSA) is 95.6 Å². The van der Waals surface area contributed by atoms with E-state index in [0.29, 0.717) is 6.42 Å². The van der Waals surface area contributed by atoms with Crippen molar-refractivity contribution in [3.8, 4) is 0 Å². The highest BCUT2D eigenvalue weighted by Crippen LogP contribution is 1.98. The van der Waals surface area contributed by atoms with Crippen molar-refractivity contribution in [3.63, 3.8) is 0 Å². The van der Waals surface area contributed by atoms with E-state index < -0.39 is 18.2 Å². The quantitative estimate of drug-likeness (QED) is 0.428. The zero-order chi connectivity index (χ0) is 10.5. The van der Waals surface area contributed by atoms with Gasteiger partial charge in [0, 0.05) is 6.54 Å². The first-order valence-corrected chi connectivity index (χ1v) is 4.29. The summed E-state index contributed by atoms with van der Waals surface area (Å²) >= 11 is 0. The Morgan fingerprint density at radius 2 is 2.23 bits per heavy atom. The number of aliphatic hydroxyl groups excluding tert-OH is 1. The van der Waals surface area contributed by atoms with Crippen molar-refractivity contribution in [1.29, 1.82) is 0 Å². The molecule has 2 unspecified atom stereocenters. The third-order valence-corrected chi connectivity index (χ3v) is 1.76. The van der Waals surface area contributed by atoms with Crippen molar-refractivity contribution in [2.75, 3.05) is 13.2 Å². The van der Waals surface area contributed by atoms with Crippen molar-refractivity contribution in [2.24, 2.45) is 5.73 Å². The first kappa shape index (κ1) is 12.3. The number of nitrogens with two attached hydrogens (primary N) is 1. The Morgan fingerprint density at radius 3 is 2.62 bits per heavy atom. The van der Waals surface area contributed by atoms with E-state index >= 15 is 0 Å². The molecule has 0 saturated heterocycles. The second-order valence-electron chi connectivity index (χ2n) is 3.39. The number of carbonyl (C=O) groups is 1. The maximum absolute atomic E-state index is 11.1. The van der Waals surface area contributed by atoms with Gasteiger partial charge in [0.05, 0.1) is 12.6 Å². The molecule has 0 aliphatic rings. The fourth-order valence-electron chi connectivity index (χ4n) is 0.650. The molecule has 0 fully saturated rings. The third kappa shape index (κ3) is 4.82. The monoisotopic (exact) mass is 190 g/mol. The number of hydrogen-bond donors (Lipinski definition) is 4. The predicted octanol–water partition coefficient (Wildman–Crippen LogP) is -1.42. The summed E-state index contributed by atoms with van der Waals surface area (Å²) < 4.78 is 0. The van der Waals surface area contributed by atoms with Gasteiger partial charge in [0.1, 0.15) is 5.60 Å². The molecule has 13 heavy (non-hydrogen) atoms. The summed E-state index contributed by atoms with van der Waals surface area (Å²) in [5, 5.41) is 20.4. The summed E-state index contributed by atoms with van der Waals surface area (Å²) in [5.41, 5.74) is 4.16. The molecular formula is C8H18N2O3. The number of carbonyl (C=O) groups excluding carboxylic acids is 1. The van der Waals surface area contributed by atoms with E-state index in [1.54, 1.807) is 6.92 Å². The number of rotatable bonds is 5. The first-order chi connectivity index (χ1) is 5.93. The van der Waals surface area contributed by atoms with Gasteiger partial charge in [-0.1, -0.05) is 6.92 Å². The summed E-state index contributed by atoms with van der Waals surface area (Å²) in [7, 11) is 0. The van der Waals surface area contributed by atoms with E-state index in [9.17, 15) is 9.90 Å². The summed E-state index contributed by atoms with van der Waals surface area (Å²) in [6, 6.07) is -0.547. The Bertz CT molecular complexity index is 171. The minimum Gasteiger partial charge on any atom is -0.393 e. The molecule has 2 atom stereocenters. The van der Waals surface area contributed by atoms with E-state index in [-0.39, 0.29) is 12.5 Å². The lowest BCUT2D eigenvalue weighted by molar-refractivity contribution is -0.123. The number of hydrogen-bond acceptors (Lipinski definition) is 4. The summed E-state index contributed by atoms with van der Waals surface area (Å²) in [6.45, 7) is 2.85. The predicted molar refractivity (Wildman–Crippen MR) is 49.0 cm³/mol. The molecule has 5 N–H and O–H groups in total. The molecule has 0 saturated carbocycles. The molecule has 0 radical (unpaired) electrons. The highest BCUT2D eigenvalue weighted by atomic mass is 16.3. The molecule has 0 aliphatic heterocycles. The molecule has 0 bridgehead atoms. The van der Waals surface area contributed by atoms with Gasteiger partial charge in [-0.25, -0.2) is 0 Å². The van der Waals surface area contributed by atoms with Gasteiger partial charge < -0.3 is 21.3 Å². The van der Waals surface area contributed by atoms with Crippen LogP contribution in [0.4, 0.5) is 0 Å². The van der Waals surface area contributed by atoms with E-state index in [2.05, 4.69) is 5.32 Å². The van der Waals surface area contributed by atoms with Crippen molar-refractivity contribution in [2.45, 2.75) is 31.9 Å². The maximum Gasteiger partial charge on any atom is 0.237 e. The lowest BCUT2D eigenvalue weighted by atomic mass is 10.1. The van der Waals surface area contributed by atoms with Crippen LogP contribution in [-0.4, -0.2) is 40.9 Å².